The Kier molecular flexibility index (Phi) is 5.22. The summed E-state index contributed by atoms with van der Waals surface area (Å²) >= 11 is 0. The number of hydrogen-bond acceptors (Lipinski definition) is 5. The Hall–Kier alpha value is -1.92. The van der Waals surface area contributed by atoms with Crippen molar-refractivity contribution < 1.29 is 19.3 Å². The molecule has 2 saturated heterocycles. The Bertz CT molecular complexity index is 706. The summed E-state index contributed by atoms with van der Waals surface area (Å²) < 4.78 is 17.3. The summed E-state index contributed by atoms with van der Waals surface area (Å²) in [5, 5.41) is 9.59. The first-order chi connectivity index (χ1) is 12.8. The maximum atomic E-state index is 9.59. The van der Waals surface area contributed by atoms with Crippen LogP contribution in [0, 0.1) is 0 Å². The van der Waals surface area contributed by atoms with Gasteiger partial charge in [0, 0.05) is 13.1 Å². The molecule has 2 aromatic carbocycles. The van der Waals surface area contributed by atoms with Crippen molar-refractivity contribution in [2.45, 2.75) is 37.5 Å². The maximum absolute atomic E-state index is 9.59. The molecule has 0 saturated carbocycles. The SMILES string of the molecule is COc1ccc(CN2C[C@@H]3O[C@@H](O[C@H]3CO)[C@@H]2Cc2ccccc2)cc1. The summed E-state index contributed by atoms with van der Waals surface area (Å²) in [4.78, 5) is 2.42. The van der Waals surface area contributed by atoms with Gasteiger partial charge in [0.2, 0.25) is 0 Å². The Morgan fingerprint density at radius 3 is 2.50 bits per heavy atom. The Labute approximate surface area is 154 Å². The standard InChI is InChI=1S/C21H25NO4/c1-24-17-9-7-16(8-10-17)12-22-13-19-20(14-23)26-21(25-19)18(22)11-15-5-3-2-4-6-15/h2-10,18-21,23H,11-14H2,1H3/t18-,19-,20-,21-/m0/s1. The second-order valence-corrected chi connectivity index (χ2v) is 6.93. The van der Waals surface area contributed by atoms with Gasteiger partial charge in [-0.05, 0) is 29.7 Å². The number of benzene rings is 2. The van der Waals surface area contributed by atoms with E-state index >= 15 is 0 Å². The number of aliphatic hydroxyl groups excluding tert-OH is 1. The summed E-state index contributed by atoms with van der Waals surface area (Å²) in [6, 6.07) is 18.7. The van der Waals surface area contributed by atoms with Gasteiger partial charge in [-0.2, -0.15) is 0 Å². The predicted molar refractivity (Wildman–Crippen MR) is 98.0 cm³/mol. The van der Waals surface area contributed by atoms with Gasteiger partial charge in [0.25, 0.3) is 0 Å². The number of ether oxygens (including phenoxy) is 3. The van der Waals surface area contributed by atoms with Gasteiger partial charge in [-0.3, -0.25) is 4.90 Å². The van der Waals surface area contributed by atoms with E-state index in [9.17, 15) is 5.11 Å². The third kappa shape index (κ3) is 3.62. The summed E-state index contributed by atoms with van der Waals surface area (Å²) in [6.07, 6.45) is 0.241. The molecule has 0 spiro atoms. The van der Waals surface area contributed by atoms with E-state index in [0.29, 0.717) is 0 Å². The van der Waals surface area contributed by atoms with Crippen LogP contribution in [0.15, 0.2) is 54.6 Å². The molecule has 2 fully saturated rings. The summed E-state index contributed by atoms with van der Waals surface area (Å²) in [7, 11) is 1.68. The fraction of sp³-hybridized carbons (Fsp3) is 0.429. The Morgan fingerprint density at radius 2 is 1.81 bits per heavy atom. The van der Waals surface area contributed by atoms with Gasteiger partial charge in [-0.25, -0.2) is 0 Å². The number of aliphatic hydroxyl groups is 1. The van der Waals surface area contributed by atoms with Crippen molar-refractivity contribution in [3.8, 4) is 5.75 Å². The molecule has 2 bridgehead atoms. The van der Waals surface area contributed by atoms with E-state index in [1.165, 1.54) is 11.1 Å². The Balaban J connectivity index is 1.54. The molecule has 0 unspecified atom stereocenters. The zero-order valence-corrected chi connectivity index (χ0v) is 15.0. The number of morpholine rings is 1. The molecule has 2 aliphatic rings. The zero-order chi connectivity index (χ0) is 17.9. The van der Waals surface area contributed by atoms with E-state index in [4.69, 9.17) is 14.2 Å². The van der Waals surface area contributed by atoms with Gasteiger partial charge in [0.15, 0.2) is 6.29 Å². The number of rotatable bonds is 6. The summed E-state index contributed by atoms with van der Waals surface area (Å²) in [6.45, 7) is 1.57. The summed E-state index contributed by atoms with van der Waals surface area (Å²) in [5.41, 5.74) is 2.49. The molecular formula is C21H25NO4. The first kappa shape index (κ1) is 17.5. The molecule has 2 heterocycles. The molecule has 5 heteroatoms. The third-order valence-electron chi connectivity index (χ3n) is 5.24. The van der Waals surface area contributed by atoms with Gasteiger partial charge in [-0.15, -0.1) is 0 Å². The van der Waals surface area contributed by atoms with E-state index in [1.54, 1.807) is 7.11 Å². The van der Waals surface area contributed by atoms with Crippen molar-refractivity contribution in [1.82, 2.24) is 4.90 Å². The van der Waals surface area contributed by atoms with Crippen molar-refractivity contribution in [3.05, 3.63) is 65.7 Å². The van der Waals surface area contributed by atoms with Gasteiger partial charge < -0.3 is 19.3 Å². The maximum Gasteiger partial charge on any atom is 0.174 e. The lowest BCUT2D eigenvalue weighted by molar-refractivity contribution is -0.150. The highest BCUT2D eigenvalue weighted by Crippen LogP contribution is 2.33. The van der Waals surface area contributed by atoms with Crippen molar-refractivity contribution in [2.75, 3.05) is 20.3 Å². The molecule has 26 heavy (non-hydrogen) atoms. The van der Waals surface area contributed by atoms with Crippen LogP contribution in [0.1, 0.15) is 11.1 Å². The molecule has 2 aromatic rings. The fourth-order valence-electron chi connectivity index (χ4n) is 3.82. The number of hydrogen-bond donors (Lipinski definition) is 1. The van der Waals surface area contributed by atoms with Crippen LogP contribution in [0.3, 0.4) is 0 Å². The number of methoxy groups -OCH3 is 1. The van der Waals surface area contributed by atoms with Crippen LogP contribution >= 0.6 is 0 Å². The van der Waals surface area contributed by atoms with Gasteiger partial charge >= 0.3 is 0 Å². The van der Waals surface area contributed by atoms with Crippen LogP contribution in [0.4, 0.5) is 0 Å². The average molecular weight is 355 g/mol. The number of nitrogens with zero attached hydrogens (tertiary/aromatic N) is 1. The van der Waals surface area contributed by atoms with Crippen molar-refractivity contribution in [2.24, 2.45) is 0 Å². The second-order valence-electron chi connectivity index (χ2n) is 6.93. The van der Waals surface area contributed by atoms with Crippen molar-refractivity contribution in [1.29, 1.82) is 0 Å². The molecule has 2 aliphatic heterocycles. The lowest BCUT2D eigenvalue weighted by Crippen LogP contribution is -2.52. The van der Waals surface area contributed by atoms with Gasteiger partial charge in [0.1, 0.15) is 18.0 Å². The quantitative estimate of drug-likeness (QED) is 0.861. The van der Waals surface area contributed by atoms with Crippen LogP contribution in [0.25, 0.3) is 0 Å². The molecule has 0 aliphatic carbocycles. The molecule has 4 rings (SSSR count). The molecule has 0 amide bonds. The molecule has 138 valence electrons. The molecule has 0 radical (unpaired) electrons. The monoisotopic (exact) mass is 355 g/mol. The predicted octanol–water partition coefficient (Wildman–Crippen LogP) is 2.22. The first-order valence-corrected chi connectivity index (χ1v) is 9.09. The van der Waals surface area contributed by atoms with Crippen LogP contribution in [-0.2, 0) is 22.4 Å². The van der Waals surface area contributed by atoms with Crippen molar-refractivity contribution >= 4 is 0 Å². The van der Waals surface area contributed by atoms with E-state index < -0.39 is 0 Å². The lowest BCUT2D eigenvalue weighted by Gasteiger charge is -2.39. The first-order valence-electron chi connectivity index (χ1n) is 9.09. The highest BCUT2D eigenvalue weighted by atomic mass is 16.7. The zero-order valence-electron chi connectivity index (χ0n) is 15.0. The topological polar surface area (TPSA) is 51.2 Å². The smallest absolute Gasteiger partial charge is 0.174 e. The molecule has 4 atom stereocenters. The minimum atomic E-state index is -0.302. The lowest BCUT2D eigenvalue weighted by atomic mass is 10.0. The molecule has 0 aromatic heterocycles. The highest BCUT2D eigenvalue weighted by molar-refractivity contribution is 5.27. The van der Waals surface area contributed by atoms with E-state index in [-0.39, 0.29) is 31.1 Å². The van der Waals surface area contributed by atoms with Crippen molar-refractivity contribution in [3.63, 3.8) is 0 Å². The highest BCUT2D eigenvalue weighted by Gasteiger charge is 2.47. The second kappa shape index (κ2) is 7.76. The minimum absolute atomic E-state index is 0.00437. The number of fused-ring (bicyclic) bond motifs is 2. The van der Waals surface area contributed by atoms with Gasteiger partial charge in [-0.1, -0.05) is 42.5 Å². The van der Waals surface area contributed by atoms with Crippen LogP contribution in [-0.4, -0.2) is 54.8 Å². The van der Waals surface area contributed by atoms with E-state index in [0.717, 1.165) is 25.3 Å². The molecule has 1 N–H and O–H groups in total. The minimum Gasteiger partial charge on any atom is -0.497 e. The van der Waals surface area contributed by atoms with E-state index in [1.807, 2.05) is 18.2 Å². The summed E-state index contributed by atoms with van der Waals surface area (Å²) in [5.74, 6) is 0.861. The fourth-order valence-corrected chi connectivity index (χ4v) is 3.82. The van der Waals surface area contributed by atoms with Crippen LogP contribution in [0.2, 0.25) is 0 Å². The van der Waals surface area contributed by atoms with Crippen LogP contribution in [0.5, 0.6) is 5.75 Å². The largest absolute Gasteiger partial charge is 0.497 e. The normalized spacial score (nSPS) is 28.2. The van der Waals surface area contributed by atoms with E-state index in [2.05, 4.69) is 41.3 Å². The third-order valence-corrected chi connectivity index (χ3v) is 5.24. The van der Waals surface area contributed by atoms with Gasteiger partial charge in [0.05, 0.1) is 19.8 Å². The average Bonchev–Trinajstić information content (AvgIpc) is 3.04. The molecule has 5 nitrogen and oxygen atoms in total. The molecular weight excluding hydrogens is 330 g/mol. The van der Waals surface area contributed by atoms with Crippen LogP contribution < -0.4 is 4.74 Å². The Morgan fingerprint density at radius 1 is 1.04 bits per heavy atom.